The molecule has 0 aliphatic carbocycles. The Morgan fingerprint density at radius 2 is 2.45 bits per heavy atom. The van der Waals surface area contributed by atoms with Crippen LogP contribution in [0.15, 0.2) is 16.9 Å². The minimum Gasteiger partial charge on any atom is -0.341 e. The SMILES string of the molecule is CNC(=O)NC1=CCCC=N1. The fourth-order valence-electron chi connectivity index (χ4n) is 0.772. The van der Waals surface area contributed by atoms with Crippen molar-refractivity contribution in [1.82, 2.24) is 10.6 Å². The summed E-state index contributed by atoms with van der Waals surface area (Å²) in [7, 11) is 1.57. The number of carbonyl (C=O) groups is 1. The van der Waals surface area contributed by atoms with Gasteiger partial charge in [-0.3, -0.25) is 5.32 Å². The number of rotatable bonds is 1. The summed E-state index contributed by atoms with van der Waals surface area (Å²) < 4.78 is 0. The Hall–Kier alpha value is -1.32. The highest BCUT2D eigenvalue weighted by atomic mass is 16.2. The lowest BCUT2D eigenvalue weighted by molar-refractivity contribution is 0.245. The molecule has 0 saturated carbocycles. The van der Waals surface area contributed by atoms with Gasteiger partial charge in [0.2, 0.25) is 0 Å². The number of aliphatic imine (C=N–C) groups is 1. The molecule has 2 amide bonds. The summed E-state index contributed by atoms with van der Waals surface area (Å²) in [5, 5.41) is 5.03. The zero-order chi connectivity index (χ0) is 8.10. The van der Waals surface area contributed by atoms with Crippen molar-refractivity contribution in [3.8, 4) is 0 Å². The summed E-state index contributed by atoms with van der Waals surface area (Å²) >= 11 is 0. The molecule has 0 aromatic carbocycles. The molecular formula is C7H11N3O. The van der Waals surface area contributed by atoms with E-state index in [1.165, 1.54) is 0 Å². The van der Waals surface area contributed by atoms with Crippen molar-refractivity contribution in [2.24, 2.45) is 4.99 Å². The molecule has 1 aliphatic heterocycles. The predicted octanol–water partition coefficient (Wildman–Crippen LogP) is 0.621. The molecule has 1 heterocycles. The topological polar surface area (TPSA) is 53.5 Å². The number of amides is 2. The largest absolute Gasteiger partial charge is 0.341 e. The van der Waals surface area contributed by atoms with Crippen LogP contribution in [-0.2, 0) is 0 Å². The third kappa shape index (κ3) is 2.41. The molecule has 0 atom stereocenters. The van der Waals surface area contributed by atoms with Crippen LogP contribution < -0.4 is 10.6 Å². The molecular weight excluding hydrogens is 142 g/mol. The number of nitrogens with zero attached hydrogens (tertiary/aromatic N) is 1. The molecule has 60 valence electrons. The van der Waals surface area contributed by atoms with Gasteiger partial charge in [-0.1, -0.05) is 0 Å². The van der Waals surface area contributed by atoms with Crippen LogP contribution in [0.1, 0.15) is 12.8 Å². The minimum atomic E-state index is -0.227. The second-order valence-electron chi connectivity index (χ2n) is 2.18. The number of allylic oxidation sites excluding steroid dienone is 1. The van der Waals surface area contributed by atoms with Crippen LogP contribution in [0.5, 0.6) is 0 Å². The van der Waals surface area contributed by atoms with E-state index in [0.717, 1.165) is 12.8 Å². The lowest BCUT2D eigenvalue weighted by atomic mass is 10.3. The van der Waals surface area contributed by atoms with Crippen molar-refractivity contribution in [2.75, 3.05) is 7.05 Å². The maximum atomic E-state index is 10.7. The molecule has 4 heteroatoms. The van der Waals surface area contributed by atoms with E-state index in [2.05, 4.69) is 15.6 Å². The van der Waals surface area contributed by atoms with Crippen molar-refractivity contribution in [1.29, 1.82) is 0 Å². The average molecular weight is 153 g/mol. The van der Waals surface area contributed by atoms with Crippen LogP contribution in [0.25, 0.3) is 0 Å². The van der Waals surface area contributed by atoms with Gasteiger partial charge in [-0.2, -0.15) is 0 Å². The quantitative estimate of drug-likeness (QED) is 0.570. The van der Waals surface area contributed by atoms with E-state index < -0.39 is 0 Å². The van der Waals surface area contributed by atoms with Gasteiger partial charge in [0.1, 0.15) is 5.82 Å². The van der Waals surface area contributed by atoms with Gasteiger partial charge in [0.15, 0.2) is 0 Å². The molecule has 11 heavy (non-hydrogen) atoms. The fourth-order valence-corrected chi connectivity index (χ4v) is 0.772. The van der Waals surface area contributed by atoms with Crippen molar-refractivity contribution in [3.63, 3.8) is 0 Å². The zero-order valence-corrected chi connectivity index (χ0v) is 6.42. The predicted molar refractivity (Wildman–Crippen MR) is 43.4 cm³/mol. The zero-order valence-electron chi connectivity index (χ0n) is 6.42. The summed E-state index contributed by atoms with van der Waals surface area (Å²) in [6.07, 6.45) is 5.60. The van der Waals surface area contributed by atoms with Crippen LogP contribution in [0.2, 0.25) is 0 Å². The molecule has 0 bridgehead atoms. The lowest BCUT2D eigenvalue weighted by Gasteiger charge is -2.06. The molecule has 1 aliphatic rings. The van der Waals surface area contributed by atoms with E-state index in [9.17, 15) is 4.79 Å². The van der Waals surface area contributed by atoms with Gasteiger partial charge in [0.05, 0.1) is 0 Å². The molecule has 1 rings (SSSR count). The first-order valence-electron chi connectivity index (χ1n) is 3.54. The Morgan fingerprint density at radius 3 is 3.00 bits per heavy atom. The summed E-state index contributed by atoms with van der Waals surface area (Å²) in [4.78, 5) is 14.7. The van der Waals surface area contributed by atoms with E-state index in [0.29, 0.717) is 5.82 Å². The van der Waals surface area contributed by atoms with Gasteiger partial charge in [0.25, 0.3) is 0 Å². The Labute approximate surface area is 65.4 Å². The normalized spacial score (nSPS) is 15.5. The molecule has 0 saturated heterocycles. The number of nitrogens with one attached hydrogen (secondary N) is 2. The van der Waals surface area contributed by atoms with E-state index in [1.807, 2.05) is 6.08 Å². The smallest absolute Gasteiger partial charge is 0.320 e. The standard InChI is InChI=1S/C7H11N3O/c1-8-7(11)10-6-4-2-3-5-9-6/h4-5H,2-3H2,1H3,(H2,8,10,11). The maximum Gasteiger partial charge on any atom is 0.320 e. The molecule has 0 aromatic heterocycles. The Kier molecular flexibility index (Phi) is 2.66. The minimum absolute atomic E-state index is 0.227. The first kappa shape index (κ1) is 7.78. The number of hydrogen-bond acceptors (Lipinski definition) is 2. The fraction of sp³-hybridized carbons (Fsp3) is 0.429. The molecule has 4 nitrogen and oxygen atoms in total. The summed E-state index contributed by atoms with van der Waals surface area (Å²) in [5.41, 5.74) is 0. The van der Waals surface area contributed by atoms with Gasteiger partial charge in [0, 0.05) is 13.3 Å². The van der Waals surface area contributed by atoms with Crippen molar-refractivity contribution in [3.05, 3.63) is 11.9 Å². The monoisotopic (exact) mass is 153 g/mol. The summed E-state index contributed by atoms with van der Waals surface area (Å²) in [5.74, 6) is 0.635. The van der Waals surface area contributed by atoms with Crippen LogP contribution in [0.4, 0.5) is 4.79 Å². The van der Waals surface area contributed by atoms with E-state index >= 15 is 0 Å². The van der Waals surface area contributed by atoms with E-state index in [-0.39, 0.29) is 6.03 Å². The third-order valence-corrected chi connectivity index (χ3v) is 1.33. The van der Waals surface area contributed by atoms with Gasteiger partial charge >= 0.3 is 6.03 Å². The second kappa shape index (κ2) is 3.75. The molecule has 2 N–H and O–H groups in total. The van der Waals surface area contributed by atoms with Crippen LogP contribution in [0.3, 0.4) is 0 Å². The Bertz CT molecular complexity index is 208. The second-order valence-corrected chi connectivity index (χ2v) is 2.18. The lowest BCUT2D eigenvalue weighted by Crippen LogP contribution is -2.31. The van der Waals surface area contributed by atoms with E-state index in [1.54, 1.807) is 13.3 Å². The highest BCUT2D eigenvalue weighted by Crippen LogP contribution is 2.02. The number of carbonyl (C=O) groups excluding carboxylic acids is 1. The van der Waals surface area contributed by atoms with Gasteiger partial charge in [-0.25, -0.2) is 9.79 Å². The summed E-state index contributed by atoms with van der Waals surface area (Å²) in [6, 6.07) is -0.227. The third-order valence-electron chi connectivity index (χ3n) is 1.33. The van der Waals surface area contributed by atoms with Gasteiger partial charge in [-0.15, -0.1) is 0 Å². The molecule has 0 fully saturated rings. The van der Waals surface area contributed by atoms with Crippen molar-refractivity contribution >= 4 is 12.2 Å². The Morgan fingerprint density at radius 1 is 1.64 bits per heavy atom. The average Bonchev–Trinajstić information content (AvgIpc) is 2.06. The Balaban J connectivity index is 2.42. The van der Waals surface area contributed by atoms with Gasteiger partial charge in [-0.05, 0) is 18.9 Å². The van der Waals surface area contributed by atoms with Crippen molar-refractivity contribution in [2.45, 2.75) is 12.8 Å². The molecule has 0 spiro atoms. The van der Waals surface area contributed by atoms with Crippen LogP contribution >= 0.6 is 0 Å². The van der Waals surface area contributed by atoms with Crippen LogP contribution in [0, 0.1) is 0 Å². The number of hydrogen-bond donors (Lipinski definition) is 2. The number of urea groups is 1. The highest BCUT2D eigenvalue weighted by Gasteiger charge is 2.00. The van der Waals surface area contributed by atoms with Gasteiger partial charge < -0.3 is 5.32 Å². The van der Waals surface area contributed by atoms with E-state index in [4.69, 9.17) is 0 Å². The molecule has 0 radical (unpaired) electrons. The molecule has 0 aromatic rings. The summed E-state index contributed by atoms with van der Waals surface area (Å²) in [6.45, 7) is 0. The first-order chi connectivity index (χ1) is 5.33. The highest BCUT2D eigenvalue weighted by molar-refractivity contribution is 5.76. The van der Waals surface area contributed by atoms with Crippen LogP contribution in [-0.4, -0.2) is 19.3 Å². The van der Waals surface area contributed by atoms with Crippen molar-refractivity contribution < 1.29 is 4.79 Å². The maximum absolute atomic E-state index is 10.7. The molecule has 0 unspecified atom stereocenters. The first-order valence-corrected chi connectivity index (χ1v) is 3.54.